The van der Waals surface area contributed by atoms with E-state index in [0.717, 1.165) is 5.56 Å². The lowest BCUT2D eigenvalue weighted by molar-refractivity contribution is 0.0526. The molecule has 0 saturated carbocycles. The molecule has 0 heterocycles. The van der Waals surface area contributed by atoms with E-state index in [9.17, 15) is 4.79 Å². The van der Waals surface area contributed by atoms with Crippen molar-refractivity contribution in [3.05, 3.63) is 51.9 Å². The molecule has 94 valence electrons. The van der Waals surface area contributed by atoms with Gasteiger partial charge in [0.05, 0.1) is 12.2 Å². The zero-order valence-corrected chi connectivity index (χ0v) is 10.2. The number of benzene rings is 1. The third-order valence-corrected chi connectivity index (χ3v) is 2.17. The van der Waals surface area contributed by atoms with Crippen molar-refractivity contribution in [2.45, 2.75) is 13.3 Å². The van der Waals surface area contributed by atoms with Crippen LogP contribution in [0, 0.1) is 0 Å². The van der Waals surface area contributed by atoms with E-state index < -0.39 is 0 Å². The van der Waals surface area contributed by atoms with E-state index in [0.29, 0.717) is 25.1 Å². The topological polar surface area (TPSA) is 75.1 Å². The van der Waals surface area contributed by atoms with Crippen molar-refractivity contribution in [2.24, 2.45) is 5.11 Å². The summed E-state index contributed by atoms with van der Waals surface area (Å²) in [6, 6.07) is 7.18. The highest BCUT2D eigenvalue weighted by atomic mass is 16.5. The number of carbonyl (C=O) groups is 1. The van der Waals surface area contributed by atoms with Gasteiger partial charge in [-0.2, -0.15) is 0 Å². The zero-order valence-electron chi connectivity index (χ0n) is 10.2. The van der Waals surface area contributed by atoms with Crippen molar-refractivity contribution >= 4 is 12.0 Å². The predicted octanol–water partition coefficient (Wildman–Crippen LogP) is 3.58. The van der Waals surface area contributed by atoms with Gasteiger partial charge in [0, 0.05) is 11.5 Å². The quantitative estimate of drug-likeness (QED) is 0.252. The van der Waals surface area contributed by atoms with Gasteiger partial charge in [-0.25, -0.2) is 4.79 Å². The fraction of sp³-hybridized carbons (Fsp3) is 0.308. The van der Waals surface area contributed by atoms with E-state index in [4.69, 9.17) is 10.3 Å². The second kappa shape index (κ2) is 7.92. The van der Waals surface area contributed by atoms with Crippen molar-refractivity contribution in [3.63, 3.8) is 0 Å². The lowest BCUT2D eigenvalue weighted by Crippen LogP contribution is -2.04. The summed E-state index contributed by atoms with van der Waals surface area (Å²) in [4.78, 5) is 14.2. The number of hydrogen-bond donors (Lipinski definition) is 0. The van der Waals surface area contributed by atoms with Gasteiger partial charge in [0.15, 0.2) is 0 Å². The fourth-order valence-electron chi connectivity index (χ4n) is 1.38. The molecule has 1 rings (SSSR count). The van der Waals surface area contributed by atoms with Crippen LogP contribution in [0.2, 0.25) is 0 Å². The number of esters is 1. The Labute approximate surface area is 106 Å². The van der Waals surface area contributed by atoms with Gasteiger partial charge in [-0.3, -0.25) is 0 Å². The maximum absolute atomic E-state index is 11.5. The van der Waals surface area contributed by atoms with Gasteiger partial charge < -0.3 is 4.74 Å². The molecular weight excluding hydrogens is 230 g/mol. The van der Waals surface area contributed by atoms with E-state index in [2.05, 4.69) is 10.0 Å². The molecule has 1 aromatic carbocycles. The van der Waals surface area contributed by atoms with Crippen LogP contribution in [0.25, 0.3) is 16.5 Å². The summed E-state index contributed by atoms with van der Waals surface area (Å²) in [6.07, 6.45) is 4.46. The van der Waals surface area contributed by atoms with Gasteiger partial charge in [0.1, 0.15) is 0 Å². The number of nitrogens with zero attached hydrogens (tertiary/aromatic N) is 3. The molecule has 1 aromatic rings. The first kappa shape index (κ1) is 13.8. The van der Waals surface area contributed by atoms with Crippen LogP contribution in [0.15, 0.2) is 35.5 Å². The fourth-order valence-corrected chi connectivity index (χ4v) is 1.38. The van der Waals surface area contributed by atoms with Crippen molar-refractivity contribution in [2.75, 3.05) is 13.2 Å². The molecule has 18 heavy (non-hydrogen) atoms. The van der Waals surface area contributed by atoms with E-state index >= 15 is 0 Å². The highest BCUT2D eigenvalue weighted by molar-refractivity contribution is 5.90. The summed E-state index contributed by atoms with van der Waals surface area (Å²) >= 11 is 0. The first-order valence-electron chi connectivity index (χ1n) is 5.72. The predicted molar refractivity (Wildman–Crippen MR) is 70.1 cm³/mol. The lowest BCUT2D eigenvalue weighted by Gasteiger charge is -2.02. The molecule has 0 amide bonds. The molecule has 0 radical (unpaired) electrons. The smallest absolute Gasteiger partial charge is 0.338 e. The van der Waals surface area contributed by atoms with Gasteiger partial charge in [-0.1, -0.05) is 29.4 Å². The lowest BCUT2D eigenvalue weighted by atomic mass is 10.1. The second-order valence-corrected chi connectivity index (χ2v) is 3.49. The standard InChI is InChI=1S/C13H15N3O2/c1-2-18-13(17)12-8-5-7-11(10-12)6-3-4-9-15-16-14/h3,5-8,10H,2,4,9H2,1H3. The minimum absolute atomic E-state index is 0.318. The van der Waals surface area contributed by atoms with E-state index in [1.165, 1.54) is 0 Å². The summed E-state index contributed by atoms with van der Waals surface area (Å²) < 4.78 is 4.92. The molecule has 0 unspecified atom stereocenters. The van der Waals surface area contributed by atoms with Gasteiger partial charge >= 0.3 is 5.97 Å². The summed E-state index contributed by atoms with van der Waals surface area (Å²) in [6.45, 7) is 2.58. The molecule has 0 N–H and O–H groups in total. The Morgan fingerprint density at radius 2 is 2.39 bits per heavy atom. The molecule has 0 saturated heterocycles. The Balaban J connectivity index is 2.64. The number of carbonyl (C=O) groups excluding carboxylic acids is 1. The maximum atomic E-state index is 11.5. The Morgan fingerprint density at radius 3 is 3.11 bits per heavy atom. The summed E-state index contributed by atoms with van der Waals surface area (Å²) in [7, 11) is 0. The van der Waals surface area contributed by atoms with Gasteiger partial charge in [-0.15, -0.1) is 0 Å². The minimum Gasteiger partial charge on any atom is -0.462 e. The monoisotopic (exact) mass is 245 g/mol. The summed E-state index contributed by atoms with van der Waals surface area (Å²) in [5.74, 6) is -0.318. The molecule has 5 heteroatoms. The maximum Gasteiger partial charge on any atom is 0.338 e. The Bertz CT molecular complexity index is 477. The minimum atomic E-state index is -0.318. The van der Waals surface area contributed by atoms with Crippen LogP contribution in [0.3, 0.4) is 0 Å². The average molecular weight is 245 g/mol. The van der Waals surface area contributed by atoms with Gasteiger partial charge in [0.25, 0.3) is 0 Å². The first-order chi connectivity index (χ1) is 8.77. The van der Waals surface area contributed by atoms with Crippen molar-refractivity contribution < 1.29 is 9.53 Å². The molecule has 0 aliphatic carbocycles. The van der Waals surface area contributed by atoms with Crippen LogP contribution in [0.4, 0.5) is 0 Å². The van der Waals surface area contributed by atoms with Crippen molar-refractivity contribution in [3.8, 4) is 0 Å². The Kier molecular flexibility index (Phi) is 6.08. The summed E-state index contributed by atoms with van der Waals surface area (Å²) in [5, 5.41) is 3.43. The molecule has 0 atom stereocenters. The molecule has 5 nitrogen and oxygen atoms in total. The first-order valence-corrected chi connectivity index (χ1v) is 5.72. The number of rotatable bonds is 6. The molecule has 0 fully saturated rings. The third-order valence-electron chi connectivity index (χ3n) is 2.17. The van der Waals surface area contributed by atoms with E-state index in [1.807, 2.05) is 18.2 Å². The highest BCUT2D eigenvalue weighted by Gasteiger charge is 2.05. The van der Waals surface area contributed by atoms with Crippen LogP contribution in [0.5, 0.6) is 0 Å². The zero-order chi connectivity index (χ0) is 13.2. The van der Waals surface area contributed by atoms with E-state index in [1.54, 1.807) is 25.1 Å². The van der Waals surface area contributed by atoms with Crippen LogP contribution < -0.4 is 0 Å². The molecule has 0 aliphatic heterocycles. The third kappa shape index (κ3) is 4.72. The SMILES string of the molecule is CCOC(=O)c1cccc(C=CCCN=[N+]=[N-])c1. The summed E-state index contributed by atoms with van der Waals surface area (Å²) in [5.41, 5.74) is 9.57. The normalized spacial score (nSPS) is 10.1. The molecule has 0 aliphatic rings. The highest BCUT2D eigenvalue weighted by Crippen LogP contribution is 2.09. The number of azide groups is 1. The largest absolute Gasteiger partial charge is 0.462 e. The Hall–Kier alpha value is -2.26. The molecule has 0 aromatic heterocycles. The molecule has 0 spiro atoms. The van der Waals surface area contributed by atoms with Gasteiger partial charge in [-0.05, 0) is 36.6 Å². The molecule has 0 bridgehead atoms. The average Bonchev–Trinajstić information content (AvgIpc) is 2.39. The van der Waals surface area contributed by atoms with Crippen LogP contribution in [-0.4, -0.2) is 19.1 Å². The van der Waals surface area contributed by atoms with Crippen LogP contribution in [0.1, 0.15) is 29.3 Å². The second-order valence-electron chi connectivity index (χ2n) is 3.49. The van der Waals surface area contributed by atoms with Crippen LogP contribution >= 0.6 is 0 Å². The number of ether oxygens (including phenoxy) is 1. The van der Waals surface area contributed by atoms with Crippen LogP contribution in [-0.2, 0) is 4.74 Å². The Morgan fingerprint density at radius 1 is 1.56 bits per heavy atom. The van der Waals surface area contributed by atoms with E-state index in [-0.39, 0.29) is 5.97 Å². The molecular formula is C13H15N3O2. The van der Waals surface area contributed by atoms with Crippen molar-refractivity contribution in [1.29, 1.82) is 0 Å². The van der Waals surface area contributed by atoms with Crippen molar-refractivity contribution in [1.82, 2.24) is 0 Å². The number of hydrogen-bond acceptors (Lipinski definition) is 3. The van der Waals surface area contributed by atoms with Gasteiger partial charge in [0.2, 0.25) is 0 Å².